The fourth-order valence-corrected chi connectivity index (χ4v) is 2.54. The number of carbonyl (C=O) groups is 1. The number of nitrogens with zero attached hydrogens (tertiary/aromatic N) is 4. The number of carboxylic acid groups (broad SMARTS) is 1. The highest BCUT2D eigenvalue weighted by atomic mass is 32.2. The normalized spacial score (nSPS) is 10.8. The first-order valence-corrected chi connectivity index (χ1v) is 6.83. The molecule has 0 bridgehead atoms. The van der Waals surface area contributed by atoms with Gasteiger partial charge >= 0.3 is 5.97 Å². The van der Waals surface area contributed by atoms with Crippen LogP contribution in [0.5, 0.6) is 0 Å². The van der Waals surface area contributed by atoms with Gasteiger partial charge in [0, 0.05) is 11.6 Å². The maximum absolute atomic E-state index is 10.7. The van der Waals surface area contributed by atoms with Crippen LogP contribution in [0.4, 0.5) is 0 Å². The Labute approximate surface area is 118 Å². The van der Waals surface area contributed by atoms with Gasteiger partial charge in [-0.2, -0.15) is 0 Å². The molecular formula is C13H10N4O2S. The van der Waals surface area contributed by atoms with Gasteiger partial charge in [-0.25, -0.2) is 0 Å². The lowest BCUT2D eigenvalue weighted by molar-refractivity contribution is -0.133. The predicted molar refractivity (Wildman–Crippen MR) is 75.0 cm³/mol. The van der Waals surface area contributed by atoms with Crippen molar-refractivity contribution in [1.82, 2.24) is 19.7 Å². The average Bonchev–Trinajstić information content (AvgIpc) is 2.92. The summed E-state index contributed by atoms with van der Waals surface area (Å²) in [5.74, 6) is -0.947. The predicted octanol–water partition coefficient (Wildman–Crippen LogP) is 1.99. The maximum atomic E-state index is 10.7. The molecule has 2 aromatic heterocycles. The summed E-state index contributed by atoms with van der Waals surface area (Å²) in [5, 5.41) is 18.1. The summed E-state index contributed by atoms with van der Waals surface area (Å²) < 4.78 is 1.75. The summed E-state index contributed by atoms with van der Waals surface area (Å²) in [6.07, 6.45) is 3.29. The van der Waals surface area contributed by atoms with E-state index in [1.54, 1.807) is 17.1 Å². The molecule has 100 valence electrons. The van der Waals surface area contributed by atoms with Crippen LogP contribution < -0.4 is 0 Å². The summed E-state index contributed by atoms with van der Waals surface area (Å²) in [7, 11) is 0. The van der Waals surface area contributed by atoms with E-state index in [9.17, 15) is 4.79 Å². The zero-order valence-corrected chi connectivity index (χ0v) is 11.1. The Morgan fingerprint density at radius 1 is 1.30 bits per heavy atom. The molecule has 1 N–H and O–H groups in total. The van der Waals surface area contributed by atoms with Gasteiger partial charge in [0.1, 0.15) is 6.33 Å². The second kappa shape index (κ2) is 5.30. The second-order valence-electron chi connectivity index (χ2n) is 4.02. The molecule has 3 aromatic rings. The minimum atomic E-state index is -0.888. The third-order valence-electron chi connectivity index (χ3n) is 2.71. The van der Waals surface area contributed by atoms with Crippen molar-refractivity contribution in [2.75, 3.05) is 5.75 Å². The summed E-state index contributed by atoms with van der Waals surface area (Å²) in [5.41, 5.74) is 1.66. The summed E-state index contributed by atoms with van der Waals surface area (Å²) in [4.78, 5) is 15.0. The van der Waals surface area contributed by atoms with E-state index < -0.39 is 5.97 Å². The van der Waals surface area contributed by atoms with Crippen LogP contribution in [0.15, 0.2) is 48.0 Å². The number of benzene rings is 1. The quantitative estimate of drug-likeness (QED) is 0.739. The summed E-state index contributed by atoms with van der Waals surface area (Å²) in [6, 6.07) is 9.65. The highest BCUT2D eigenvalue weighted by Crippen LogP contribution is 2.24. The molecule has 0 spiro atoms. The smallest absolute Gasteiger partial charge is 0.313 e. The van der Waals surface area contributed by atoms with E-state index >= 15 is 0 Å². The topological polar surface area (TPSA) is 80.9 Å². The summed E-state index contributed by atoms with van der Waals surface area (Å²) in [6.45, 7) is 0. The van der Waals surface area contributed by atoms with Crippen molar-refractivity contribution in [3.05, 3.63) is 42.9 Å². The van der Waals surface area contributed by atoms with Crippen LogP contribution in [-0.4, -0.2) is 36.6 Å². The molecule has 6 nitrogen and oxygen atoms in total. The first kappa shape index (κ1) is 12.6. The van der Waals surface area contributed by atoms with E-state index in [2.05, 4.69) is 15.2 Å². The molecule has 0 amide bonds. The van der Waals surface area contributed by atoms with Gasteiger partial charge in [0.25, 0.3) is 0 Å². The standard InChI is InChI=1S/C13H10N4O2S/c18-11(19)7-20-13-16-15-8-17(13)10-5-1-3-9-4-2-6-14-12(9)10/h1-6,8H,7H2,(H,18,19). The maximum Gasteiger partial charge on any atom is 0.313 e. The molecule has 0 unspecified atom stereocenters. The number of rotatable bonds is 4. The molecular weight excluding hydrogens is 276 g/mol. The molecule has 3 rings (SSSR count). The minimum Gasteiger partial charge on any atom is -0.481 e. The van der Waals surface area contributed by atoms with E-state index in [1.165, 1.54) is 0 Å². The molecule has 0 atom stereocenters. The molecule has 0 saturated carbocycles. The molecule has 0 aliphatic carbocycles. The number of aliphatic carboxylic acids is 1. The Kier molecular flexibility index (Phi) is 3.34. The molecule has 7 heteroatoms. The molecule has 0 saturated heterocycles. The van der Waals surface area contributed by atoms with E-state index in [0.717, 1.165) is 28.4 Å². The molecule has 20 heavy (non-hydrogen) atoms. The number of aromatic nitrogens is 4. The van der Waals surface area contributed by atoms with Crippen LogP contribution in [0.25, 0.3) is 16.6 Å². The van der Waals surface area contributed by atoms with Gasteiger partial charge in [0.2, 0.25) is 0 Å². The van der Waals surface area contributed by atoms with Crippen LogP contribution >= 0.6 is 11.8 Å². The molecule has 2 heterocycles. The monoisotopic (exact) mass is 286 g/mol. The Bertz CT molecular complexity index is 766. The zero-order chi connectivity index (χ0) is 13.9. The van der Waals surface area contributed by atoms with Gasteiger partial charge in [-0.15, -0.1) is 10.2 Å². The molecule has 0 fully saturated rings. The fraction of sp³-hybridized carbons (Fsp3) is 0.0769. The van der Waals surface area contributed by atoms with Gasteiger partial charge < -0.3 is 5.11 Å². The number of thioether (sulfide) groups is 1. The highest BCUT2D eigenvalue weighted by Gasteiger charge is 2.11. The SMILES string of the molecule is O=C(O)CSc1nncn1-c1cccc2cccnc12. The van der Waals surface area contributed by atoms with Crippen molar-refractivity contribution in [2.45, 2.75) is 5.16 Å². The highest BCUT2D eigenvalue weighted by molar-refractivity contribution is 7.99. The van der Waals surface area contributed by atoms with Crippen LogP contribution in [0.1, 0.15) is 0 Å². The van der Waals surface area contributed by atoms with Crippen LogP contribution in [0, 0.1) is 0 Å². The van der Waals surface area contributed by atoms with Crippen LogP contribution in [0.3, 0.4) is 0 Å². The Hall–Kier alpha value is -2.41. The Morgan fingerprint density at radius 3 is 3.00 bits per heavy atom. The molecule has 1 aromatic carbocycles. The lowest BCUT2D eigenvalue weighted by Crippen LogP contribution is -2.02. The first-order valence-electron chi connectivity index (χ1n) is 5.84. The Balaban J connectivity index is 2.08. The lowest BCUT2D eigenvalue weighted by Gasteiger charge is -2.08. The van der Waals surface area contributed by atoms with Crippen LogP contribution in [0.2, 0.25) is 0 Å². The van der Waals surface area contributed by atoms with Crippen molar-refractivity contribution < 1.29 is 9.90 Å². The third-order valence-corrected chi connectivity index (χ3v) is 3.64. The van der Waals surface area contributed by atoms with E-state index in [0.29, 0.717) is 5.16 Å². The second-order valence-corrected chi connectivity index (χ2v) is 4.96. The number of pyridine rings is 1. The van der Waals surface area contributed by atoms with Gasteiger partial charge in [-0.3, -0.25) is 14.3 Å². The first-order chi connectivity index (χ1) is 9.75. The van der Waals surface area contributed by atoms with E-state index in [-0.39, 0.29) is 5.75 Å². The number of hydrogen-bond donors (Lipinski definition) is 1. The Morgan fingerprint density at radius 2 is 2.15 bits per heavy atom. The average molecular weight is 286 g/mol. The molecule has 0 aliphatic rings. The van der Waals surface area contributed by atoms with Crippen molar-refractivity contribution in [3.8, 4) is 5.69 Å². The number of fused-ring (bicyclic) bond motifs is 1. The van der Waals surface area contributed by atoms with Gasteiger partial charge in [-0.05, 0) is 12.1 Å². The van der Waals surface area contributed by atoms with Gasteiger partial charge in [0.15, 0.2) is 5.16 Å². The number of carboxylic acids is 1. The van der Waals surface area contributed by atoms with Crippen LogP contribution in [-0.2, 0) is 4.79 Å². The van der Waals surface area contributed by atoms with Crippen molar-refractivity contribution >= 4 is 28.6 Å². The zero-order valence-electron chi connectivity index (χ0n) is 10.3. The molecule has 0 radical (unpaired) electrons. The van der Waals surface area contributed by atoms with Gasteiger partial charge in [0.05, 0.1) is 17.0 Å². The van der Waals surface area contributed by atoms with E-state index in [4.69, 9.17) is 5.11 Å². The van der Waals surface area contributed by atoms with Gasteiger partial charge in [-0.1, -0.05) is 30.0 Å². The minimum absolute atomic E-state index is 0.0586. The number of para-hydroxylation sites is 1. The third kappa shape index (κ3) is 2.35. The van der Waals surface area contributed by atoms with Crippen molar-refractivity contribution in [1.29, 1.82) is 0 Å². The van der Waals surface area contributed by atoms with Crippen molar-refractivity contribution in [2.24, 2.45) is 0 Å². The summed E-state index contributed by atoms with van der Waals surface area (Å²) >= 11 is 1.13. The van der Waals surface area contributed by atoms with Crippen molar-refractivity contribution in [3.63, 3.8) is 0 Å². The largest absolute Gasteiger partial charge is 0.481 e. The fourth-order valence-electron chi connectivity index (χ4n) is 1.90. The molecule has 0 aliphatic heterocycles. The number of hydrogen-bond acceptors (Lipinski definition) is 5. The lowest BCUT2D eigenvalue weighted by atomic mass is 10.2. The van der Waals surface area contributed by atoms with E-state index in [1.807, 2.05) is 30.3 Å².